The number of carboxylic acids is 1. The second-order valence-corrected chi connectivity index (χ2v) is 2.29. The van der Waals surface area contributed by atoms with Crippen LogP contribution in [0.1, 0.15) is 0 Å². The summed E-state index contributed by atoms with van der Waals surface area (Å²) in [5.74, 6) is -1.13. The van der Waals surface area contributed by atoms with E-state index in [2.05, 4.69) is 0 Å². The van der Waals surface area contributed by atoms with Crippen molar-refractivity contribution in [3.8, 4) is 0 Å². The molecular formula is C4H4FNO2S. The van der Waals surface area contributed by atoms with Gasteiger partial charge in [0.15, 0.2) is 5.70 Å². The number of nitrogens with zero attached hydrogens (tertiary/aromatic N) is 1. The Morgan fingerprint density at radius 1 is 2.00 bits per heavy atom. The molecule has 1 aliphatic rings. The van der Waals surface area contributed by atoms with Gasteiger partial charge in [0.25, 0.3) is 0 Å². The average molecular weight is 149 g/mol. The largest absolute Gasteiger partial charge is 0.476 e. The smallest absolute Gasteiger partial charge is 0.355 e. The molecule has 0 spiro atoms. The Hall–Kier alpha value is -0.710. The Morgan fingerprint density at radius 3 is 2.89 bits per heavy atom. The third-order valence-corrected chi connectivity index (χ3v) is 1.63. The molecule has 0 saturated carbocycles. The SMILES string of the molecule is O=C(O)C1=CSCN1F. The van der Waals surface area contributed by atoms with Gasteiger partial charge in [0.2, 0.25) is 0 Å². The number of halogens is 1. The van der Waals surface area contributed by atoms with Gasteiger partial charge in [-0.2, -0.15) is 5.12 Å². The van der Waals surface area contributed by atoms with E-state index in [1.165, 1.54) is 5.41 Å². The van der Waals surface area contributed by atoms with E-state index < -0.39 is 5.97 Å². The van der Waals surface area contributed by atoms with Crippen LogP contribution in [0, 0.1) is 0 Å². The maximum atomic E-state index is 12.2. The summed E-state index contributed by atoms with van der Waals surface area (Å²) in [6.07, 6.45) is 0. The van der Waals surface area contributed by atoms with Gasteiger partial charge in [0, 0.05) is 5.41 Å². The van der Waals surface area contributed by atoms with Crippen LogP contribution in [0.2, 0.25) is 0 Å². The molecule has 3 nitrogen and oxygen atoms in total. The Labute approximate surface area is 55.1 Å². The second kappa shape index (κ2) is 2.26. The zero-order valence-electron chi connectivity index (χ0n) is 4.37. The maximum Gasteiger partial charge on any atom is 0.355 e. The van der Waals surface area contributed by atoms with Crippen LogP contribution in [-0.2, 0) is 4.79 Å². The number of aliphatic carboxylic acids is 1. The molecule has 0 bridgehead atoms. The van der Waals surface area contributed by atoms with Crippen LogP contribution in [0.3, 0.4) is 0 Å². The summed E-state index contributed by atoms with van der Waals surface area (Å²) in [6, 6.07) is 0. The standard InChI is InChI=1S/C4H4FNO2S/c5-6-2-9-1-3(6)4(7)8/h1H,2H2,(H,7,8). The van der Waals surface area contributed by atoms with Crippen molar-refractivity contribution >= 4 is 17.7 Å². The highest BCUT2D eigenvalue weighted by atomic mass is 32.2. The van der Waals surface area contributed by atoms with Crippen molar-refractivity contribution in [3.05, 3.63) is 11.1 Å². The third kappa shape index (κ3) is 1.16. The van der Waals surface area contributed by atoms with Gasteiger partial charge in [-0.25, -0.2) is 4.79 Å². The Bertz CT molecular complexity index is 170. The van der Waals surface area contributed by atoms with Crippen LogP contribution < -0.4 is 0 Å². The van der Waals surface area contributed by atoms with Crippen molar-refractivity contribution in [2.45, 2.75) is 0 Å². The van der Waals surface area contributed by atoms with E-state index in [0.29, 0.717) is 0 Å². The van der Waals surface area contributed by atoms with Gasteiger partial charge < -0.3 is 5.11 Å². The molecule has 1 heterocycles. The van der Waals surface area contributed by atoms with E-state index in [9.17, 15) is 9.28 Å². The normalized spacial score (nSPS) is 17.9. The van der Waals surface area contributed by atoms with Gasteiger partial charge in [0.05, 0.1) is 0 Å². The van der Waals surface area contributed by atoms with Gasteiger partial charge in [-0.3, -0.25) is 0 Å². The van der Waals surface area contributed by atoms with Gasteiger partial charge in [0.1, 0.15) is 5.88 Å². The Morgan fingerprint density at radius 2 is 2.67 bits per heavy atom. The predicted molar refractivity (Wildman–Crippen MR) is 31.1 cm³/mol. The molecule has 0 aromatic heterocycles. The molecule has 9 heavy (non-hydrogen) atoms. The van der Waals surface area contributed by atoms with E-state index >= 15 is 0 Å². The quantitative estimate of drug-likeness (QED) is 0.560. The molecule has 1 aliphatic heterocycles. The van der Waals surface area contributed by atoms with E-state index in [0.717, 1.165) is 11.8 Å². The zero-order valence-corrected chi connectivity index (χ0v) is 5.19. The summed E-state index contributed by atoms with van der Waals surface area (Å²) in [5, 5.41) is 9.70. The first kappa shape index (κ1) is 6.41. The van der Waals surface area contributed by atoms with Crippen LogP contribution in [-0.4, -0.2) is 22.1 Å². The highest BCUT2D eigenvalue weighted by Gasteiger charge is 2.20. The van der Waals surface area contributed by atoms with E-state index in [1.54, 1.807) is 0 Å². The number of carboxylic acid groups (broad SMARTS) is 1. The first-order chi connectivity index (χ1) is 4.22. The lowest BCUT2D eigenvalue weighted by molar-refractivity contribution is -0.136. The van der Waals surface area contributed by atoms with Crippen molar-refractivity contribution in [1.82, 2.24) is 5.12 Å². The first-order valence-electron chi connectivity index (χ1n) is 2.20. The molecule has 0 radical (unpaired) electrons. The lowest BCUT2D eigenvalue weighted by Gasteiger charge is -2.02. The summed E-state index contributed by atoms with van der Waals surface area (Å²) in [5.41, 5.74) is -0.278. The summed E-state index contributed by atoms with van der Waals surface area (Å²) in [7, 11) is 0. The van der Waals surface area contributed by atoms with Crippen LogP contribution in [0.25, 0.3) is 0 Å². The molecule has 1 rings (SSSR count). The molecule has 0 aromatic carbocycles. The summed E-state index contributed by atoms with van der Waals surface area (Å²) < 4.78 is 12.2. The molecule has 0 saturated heterocycles. The second-order valence-electron chi connectivity index (χ2n) is 1.47. The molecular weight excluding hydrogens is 145 g/mol. The number of hydrogen-bond acceptors (Lipinski definition) is 3. The Kier molecular flexibility index (Phi) is 1.61. The number of hydrogen-bond donors (Lipinski definition) is 1. The van der Waals surface area contributed by atoms with E-state index in [1.807, 2.05) is 0 Å². The first-order valence-corrected chi connectivity index (χ1v) is 3.25. The number of rotatable bonds is 1. The van der Waals surface area contributed by atoms with Crippen LogP contribution in [0.5, 0.6) is 0 Å². The molecule has 1 N–H and O–H groups in total. The monoisotopic (exact) mass is 149 g/mol. The Balaban J connectivity index is 2.68. The van der Waals surface area contributed by atoms with Crippen molar-refractivity contribution in [2.24, 2.45) is 0 Å². The van der Waals surface area contributed by atoms with Gasteiger partial charge in [-0.05, 0) is 0 Å². The van der Waals surface area contributed by atoms with Crippen molar-refractivity contribution in [3.63, 3.8) is 0 Å². The van der Waals surface area contributed by atoms with Crippen molar-refractivity contribution in [1.29, 1.82) is 0 Å². The minimum Gasteiger partial charge on any atom is -0.476 e. The topological polar surface area (TPSA) is 40.5 Å². The molecule has 0 aromatic rings. The minimum atomic E-state index is -1.22. The van der Waals surface area contributed by atoms with Gasteiger partial charge >= 0.3 is 5.97 Å². The van der Waals surface area contributed by atoms with E-state index in [-0.39, 0.29) is 16.7 Å². The van der Waals surface area contributed by atoms with Crippen molar-refractivity contribution < 1.29 is 14.4 Å². The van der Waals surface area contributed by atoms with Gasteiger partial charge in [-0.1, -0.05) is 4.48 Å². The molecule has 50 valence electrons. The van der Waals surface area contributed by atoms with Gasteiger partial charge in [-0.15, -0.1) is 11.8 Å². The molecule has 0 fully saturated rings. The molecule has 5 heteroatoms. The molecule has 0 atom stereocenters. The van der Waals surface area contributed by atoms with Crippen LogP contribution in [0.15, 0.2) is 11.1 Å². The van der Waals surface area contributed by atoms with Crippen molar-refractivity contribution in [2.75, 3.05) is 5.88 Å². The molecule has 0 amide bonds. The lowest BCUT2D eigenvalue weighted by atomic mass is 10.5. The fourth-order valence-corrected chi connectivity index (χ4v) is 1.18. The summed E-state index contributed by atoms with van der Waals surface area (Å²) >= 11 is 1.13. The fourth-order valence-electron chi connectivity index (χ4n) is 0.463. The zero-order chi connectivity index (χ0) is 6.85. The predicted octanol–water partition coefficient (Wildman–Crippen LogP) is 0.803. The highest BCUT2D eigenvalue weighted by molar-refractivity contribution is 8.02. The minimum absolute atomic E-state index is 0.0850. The maximum absolute atomic E-state index is 12.2. The number of thioether (sulfide) groups is 1. The lowest BCUT2D eigenvalue weighted by Crippen LogP contribution is -2.14. The van der Waals surface area contributed by atoms with Crippen LogP contribution >= 0.6 is 11.8 Å². The molecule has 0 unspecified atom stereocenters. The average Bonchev–Trinajstić information content (AvgIpc) is 2.13. The number of carbonyl (C=O) groups is 1. The molecule has 0 aliphatic carbocycles. The third-order valence-electron chi connectivity index (χ3n) is 0.863. The summed E-state index contributed by atoms with van der Waals surface area (Å²) in [6.45, 7) is 0. The van der Waals surface area contributed by atoms with Crippen LogP contribution in [0.4, 0.5) is 4.48 Å². The van der Waals surface area contributed by atoms with E-state index in [4.69, 9.17) is 5.11 Å². The fraction of sp³-hybridized carbons (Fsp3) is 0.250. The highest BCUT2D eigenvalue weighted by Crippen LogP contribution is 2.22. The summed E-state index contributed by atoms with van der Waals surface area (Å²) in [4.78, 5) is 10.0.